The van der Waals surface area contributed by atoms with Crippen molar-refractivity contribution >= 4 is 83.6 Å². The minimum Gasteiger partial charge on any atom is -0.393 e. The number of carbonyl (C=O) groups excluding carboxylic acids is 2. The third kappa shape index (κ3) is 20.3. The van der Waals surface area contributed by atoms with Crippen molar-refractivity contribution in [2.45, 2.75) is 195 Å². The van der Waals surface area contributed by atoms with Gasteiger partial charge in [-0.1, -0.05) is 59.7 Å². The third-order valence-electron chi connectivity index (χ3n) is 12.0. The van der Waals surface area contributed by atoms with E-state index in [0.717, 1.165) is 0 Å². The Labute approximate surface area is 508 Å². The number of hydrogen-bond donors (Lipinski definition) is 6. The van der Waals surface area contributed by atoms with E-state index in [1.165, 1.54) is 31.8 Å². The van der Waals surface area contributed by atoms with Gasteiger partial charge in [-0.2, -0.15) is 0 Å². The Kier molecular flexibility index (Phi) is 25.3. The molecule has 0 saturated carbocycles. The van der Waals surface area contributed by atoms with Crippen LogP contribution in [0, 0.1) is 0 Å². The highest BCUT2D eigenvalue weighted by atomic mass is 35.5. The van der Waals surface area contributed by atoms with Crippen LogP contribution in [0.25, 0.3) is 0 Å². The molecule has 2 amide bonds. The summed E-state index contributed by atoms with van der Waals surface area (Å²) in [5.74, 6) is -1.04. The van der Waals surface area contributed by atoms with Crippen molar-refractivity contribution in [1.82, 2.24) is 50.1 Å². The molecule has 0 bridgehead atoms. The van der Waals surface area contributed by atoms with Gasteiger partial charge in [-0.05, 0) is 109 Å². The topological polar surface area (TPSA) is 341 Å². The van der Waals surface area contributed by atoms with Gasteiger partial charge in [0.1, 0.15) is 40.8 Å². The van der Waals surface area contributed by atoms with Gasteiger partial charge in [-0.15, -0.1) is 20.4 Å². The van der Waals surface area contributed by atoms with Gasteiger partial charge in [0.15, 0.2) is 5.15 Å². The van der Waals surface area contributed by atoms with Crippen LogP contribution >= 0.6 is 61.5 Å². The van der Waals surface area contributed by atoms with Crippen LogP contribution in [0.3, 0.4) is 0 Å². The van der Waals surface area contributed by atoms with E-state index in [9.17, 15) is 39.1 Å². The summed E-state index contributed by atoms with van der Waals surface area (Å²) in [4.78, 5) is 39.7. The Morgan fingerprint density at radius 1 is 0.631 bits per heavy atom. The summed E-state index contributed by atoms with van der Waals surface area (Å²) >= 11 is 15.4. The van der Waals surface area contributed by atoms with Crippen LogP contribution in [0.2, 0.25) is 10.3 Å². The highest BCUT2D eigenvalue weighted by Crippen LogP contribution is 2.57. The first kappa shape index (κ1) is 71.4. The van der Waals surface area contributed by atoms with E-state index in [4.69, 9.17) is 59.8 Å². The number of phosphoric acid groups is 2. The Balaban J connectivity index is 0.000000307. The maximum atomic E-state index is 13.6. The number of hydrogen-bond acceptors (Lipinski definition) is 26. The first-order valence-corrected chi connectivity index (χ1v) is 32.5. The predicted molar refractivity (Wildman–Crippen MR) is 316 cm³/mol. The second-order valence-electron chi connectivity index (χ2n) is 23.6. The minimum atomic E-state index is -4.09. The van der Waals surface area contributed by atoms with Gasteiger partial charge in [0, 0.05) is 40.4 Å². The molecular formula is C50H84Cl2N12O16P2S2. The number of aliphatic hydroxyl groups excluding tert-OH is 4. The van der Waals surface area contributed by atoms with Crippen molar-refractivity contribution < 1.29 is 75.8 Å². The van der Waals surface area contributed by atoms with Crippen LogP contribution in [0.4, 0.5) is 10.3 Å². The van der Waals surface area contributed by atoms with Crippen LogP contribution in [0.15, 0.2) is 0 Å². The normalized spacial score (nSPS) is 19.3. The zero-order chi connectivity index (χ0) is 62.9. The minimum absolute atomic E-state index is 0.0149. The molecule has 6 atom stereocenters. The van der Waals surface area contributed by atoms with Crippen LogP contribution in [-0.2, 0) is 72.0 Å². The molecule has 2 saturated heterocycles. The number of piperidine rings is 2. The lowest BCUT2D eigenvalue weighted by atomic mass is 10.0. The molecule has 0 unspecified atom stereocenters. The molecule has 28 nitrogen and oxygen atoms in total. The number of methoxy groups -OCH3 is 2. The Hall–Kier alpha value is -3.36. The van der Waals surface area contributed by atoms with Crippen LogP contribution in [0.5, 0.6) is 0 Å². The molecule has 0 radical (unpaired) electrons. The Morgan fingerprint density at radius 2 is 1.01 bits per heavy atom. The summed E-state index contributed by atoms with van der Waals surface area (Å²) in [7, 11) is -5.07. The van der Waals surface area contributed by atoms with E-state index >= 15 is 0 Å². The fourth-order valence-electron chi connectivity index (χ4n) is 8.43. The number of aromatic nitrogens is 8. The van der Waals surface area contributed by atoms with Gasteiger partial charge < -0.3 is 50.3 Å². The number of rotatable bonds is 24. The van der Waals surface area contributed by atoms with Crippen molar-refractivity contribution in [3.8, 4) is 0 Å². The maximum Gasteiger partial charge on any atom is 0.477 e. The maximum absolute atomic E-state index is 13.6. The second kappa shape index (κ2) is 29.8. The van der Waals surface area contributed by atoms with Crippen LogP contribution < -0.4 is 20.4 Å². The van der Waals surface area contributed by atoms with Gasteiger partial charge in [-0.25, -0.2) is 19.1 Å². The van der Waals surface area contributed by atoms with Gasteiger partial charge in [-0.3, -0.25) is 45.9 Å². The zero-order valence-electron chi connectivity index (χ0n) is 50.6. The highest BCUT2D eigenvalue weighted by molar-refractivity contribution is 7.48. The van der Waals surface area contributed by atoms with E-state index in [2.05, 4.69) is 41.0 Å². The number of anilines is 2. The lowest BCUT2D eigenvalue weighted by molar-refractivity contribution is -0.00826. The zero-order valence-corrected chi connectivity index (χ0v) is 55.5. The molecular weight excluding hydrogens is 1220 g/mol. The van der Waals surface area contributed by atoms with Crippen molar-refractivity contribution in [2.75, 3.05) is 63.4 Å². The SMILES string of the molecule is CCc1c(Cl)nc(C(=O)N[C@@H]2CCN(c3nnc([C@H](O)CO)s3)C[C@@H]2OC)n1COP(=O)(OC(C)(C)C)OC(C)(C)C.CCc1nc(C(=O)N[C@@H]2CCN(c3nnc([C@H](O)CO)s3)C[C@@H]2OC)n(COP(=O)(OC(C)(C)C)OC(C)(C)C)c1Cl. The molecule has 2 fully saturated rings. The number of imidazole rings is 2. The molecule has 6 N–H and O–H groups in total. The molecule has 476 valence electrons. The monoisotopic (exact) mass is 1300 g/mol. The summed E-state index contributed by atoms with van der Waals surface area (Å²) in [6.45, 7) is 24.7. The lowest BCUT2D eigenvalue weighted by Crippen LogP contribution is -2.55. The standard InChI is InChI=1S/2C25H42ClN6O8PS/c1-9-16-19(26)28-20(32(16)14-38-41(36,39-24(2,3)4)40-25(5,6)7)21(35)27-15-10-11-31(12-18(15)37-8)23-30-29-22(42-23)17(34)13-33;1-9-15-19(26)32(14-38-41(36,39-24(2,3)4)40-25(5,6)7)20(27-15)21(35)28-16-10-11-31(12-18(16)37-8)23-30-29-22(42-23)17(34)13-33/h15,17-18,33-34H,9-14H2,1-8H3,(H,27,35);16-18,33-34H,9-14H2,1-8H3,(H,28,35)/t15-,17-,18+;16-,17-,18+/m11/s1. The van der Waals surface area contributed by atoms with E-state index in [1.54, 1.807) is 97.3 Å². The fourth-order valence-corrected chi connectivity index (χ4v) is 14.2. The molecule has 0 aromatic carbocycles. The largest absolute Gasteiger partial charge is 0.477 e. The summed E-state index contributed by atoms with van der Waals surface area (Å²) in [6.07, 6.45) is -1.07. The number of ether oxygens (including phenoxy) is 2. The number of carbonyl (C=O) groups is 2. The molecule has 34 heteroatoms. The average molecular weight is 1310 g/mol. The molecule has 6 rings (SSSR count). The smallest absolute Gasteiger partial charge is 0.393 e. The number of nitrogens with zero attached hydrogens (tertiary/aromatic N) is 10. The Morgan fingerprint density at radius 3 is 1.36 bits per heavy atom. The van der Waals surface area contributed by atoms with Crippen molar-refractivity contribution in [3.63, 3.8) is 0 Å². The van der Waals surface area contributed by atoms with Gasteiger partial charge in [0.25, 0.3) is 11.8 Å². The summed E-state index contributed by atoms with van der Waals surface area (Å²) in [5.41, 5.74) is -2.35. The average Bonchev–Trinajstić information content (AvgIpc) is 3.36. The number of nitrogens with one attached hydrogen (secondary N) is 2. The molecule has 2 aliphatic heterocycles. The fraction of sp³-hybridized carbons (Fsp3) is 0.760. The third-order valence-corrected chi connectivity index (χ3v) is 18.8. The summed E-state index contributed by atoms with van der Waals surface area (Å²) in [6, 6.07) is -0.743. The Bertz CT molecular complexity index is 2780. The van der Waals surface area contributed by atoms with E-state index in [1.807, 2.05) is 23.6 Å². The van der Waals surface area contributed by atoms with E-state index in [0.29, 0.717) is 83.5 Å². The number of amides is 2. The quantitative estimate of drug-likeness (QED) is 0.0371. The molecule has 84 heavy (non-hydrogen) atoms. The van der Waals surface area contributed by atoms with Gasteiger partial charge >= 0.3 is 15.6 Å². The van der Waals surface area contributed by atoms with Crippen molar-refractivity contribution in [2.24, 2.45) is 0 Å². The summed E-state index contributed by atoms with van der Waals surface area (Å²) < 4.78 is 75.7. The highest BCUT2D eigenvalue weighted by Gasteiger charge is 2.41. The lowest BCUT2D eigenvalue weighted by Gasteiger charge is -2.37. The number of phosphoric ester groups is 2. The van der Waals surface area contributed by atoms with Crippen LogP contribution in [-0.4, -0.2) is 172 Å². The van der Waals surface area contributed by atoms with Gasteiger partial charge in [0.2, 0.25) is 21.9 Å². The second-order valence-corrected chi connectivity index (χ2v) is 29.3. The molecule has 0 spiro atoms. The molecule has 0 aliphatic carbocycles. The molecule has 6 heterocycles. The molecule has 4 aromatic rings. The van der Waals surface area contributed by atoms with E-state index < -0.39 is 94.2 Å². The van der Waals surface area contributed by atoms with Gasteiger partial charge in [0.05, 0.1) is 71.3 Å². The van der Waals surface area contributed by atoms with E-state index in [-0.39, 0.29) is 40.8 Å². The number of aryl methyl sites for hydroxylation is 1. The number of aliphatic hydroxyl groups is 4. The van der Waals surface area contributed by atoms with Crippen molar-refractivity contribution in [3.05, 3.63) is 43.4 Å². The number of halogens is 2. The molecule has 2 aliphatic rings. The predicted octanol–water partition coefficient (Wildman–Crippen LogP) is 7.42. The summed E-state index contributed by atoms with van der Waals surface area (Å²) in [5, 5.41) is 62.3. The molecule has 4 aromatic heterocycles. The first-order valence-electron chi connectivity index (χ1n) is 27.2. The van der Waals surface area contributed by atoms with Crippen molar-refractivity contribution in [1.29, 1.82) is 0 Å². The first-order chi connectivity index (χ1) is 39.0. The van der Waals surface area contributed by atoms with Crippen LogP contribution in [0.1, 0.15) is 165 Å².